The van der Waals surface area contributed by atoms with Crippen molar-refractivity contribution in [2.24, 2.45) is 0 Å². The van der Waals surface area contributed by atoms with Gasteiger partial charge in [-0.2, -0.15) is 0 Å². The van der Waals surface area contributed by atoms with E-state index in [0.29, 0.717) is 14.2 Å². The van der Waals surface area contributed by atoms with Gasteiger partial charge in [-0.05, 0) is 32.6 Å². The van der Waals surface area contributed by atoms with Gasteiger partial charge in [0.1, 0.15) is 12.4 Å². The van der Waals surface area contributed by atoms with Crippen molar-refractivity contribution < 1.29 is 9.39 Å². The lowest BCUT2D eigenvalue weighted by molar-refractivity contribution is 0.260. The van der Waals surface area contributed by atoms with Crippen molar-refractivity contribution in [2.75, 3.05) is 39.6 Å². The van der Waals surface area contributed by atoms with Gasteiger partial charge in [0.2, 0.25) is 0 Å². The molecule has 1 rings (SSSR count). The molecular weight excluding hydrogens is 215 g/mol. The Balaban J connectivity index is 2.56. The average molecular weight is 236 g/mol. The minimum absolute atomic E-state index is 0.500. The normalized spacial score (nSPS) is 10.4. The fourth-order valence-corrected chi connectivity index (χ4v) is 1.36. The third kappa shape index (κ3) is 5.11. The van der Waals surface area contributed by atoms with Crippen LogP contribution in [0.4, 0.5) is 5.69 Å². The van der Waals surface area contributed by atoms with Crippen molar-refractivity contribution in [2.45, 2.75) is 6.92 Å². The van der Waals surface area contributed by atoms with Crippen LogP contribution in [0, 0.1) is 6.92 Å². The van der Waals surface area contributed by atoms with Gasteiger partial charge < -0.3 is 19.5 Å². The van der Waals surface area contributed by atoms with Gasteiger partial charge in [-0.25, -0.2) is 0 Å². The zero-order valence-electron chi connectivity index (χ0n) is 11.1. The summed E-state index contributed by atoms with van der Waals surface area (Å²) in [6.07, 6.45) is 0. The summed E-state index contributed by atoms with van der Waals surface area (Å²) in [7, 11) is 6.23. The van der Waals surface area contributed by atoms with Crippen LogP contribution in [0.5, 0.6) is 5.75 Å². The van der Waals surface area contributed by atoms with E-state index in [-0.39, 0.29) is 0 Å². The molecule has 0 bridgehead atoms. The summed E-state index contributed by atoms with van der Waals surface area (Å²) < 4.78 is 10.7. The van der Waals surface area contributed by atoms with Crippen LogP contribution in [0.3, 0.4) is 0 Å². The summed E-state index contributed by atoms with van der Waals surface area (Å²) >= 11 is 0. The van der Waals surface area contributed by atoms with E-state index >= 15 is 0 Å². The van der Waals surface area contributed by atoms with Crippen molar-refractivity contribution in [1.29, 1.82) is 0 Å². The minimum Gasteiger partial charge on any atom is -0.492 e. The monoisotopic (exact) mass is 236 g/mol. The third-order valence-corrected chi connectivity index (χ3v) is 2.40. The van der Waals surface area contributed by atoms with Gasteiger partial charge in [0.25, 0.3) is 0 Å². The molecule has 0 aliphatic heterocycles. The molecule has 5 heteroatoms. The second-order valence-electron chi connectivity index (χ2n) is 4.24. The van der Waals surface area contributed by atoms with Crippen molar-refractivity contribution in [3.63, 3.8) is 0 Å². The highest BCUT2D eigenvalue weighted by Gasteiger charge is 2.02. The van der Waals surface area contributed by atoms with Gasteiger partial charge in [0.15, 0.2) is 0 Å². The number of likely N-dealkylation sites (N-methyl/N-ethyl adjacent to an activating group) is 1. The Bertz CT molecular complexity index is 345. The first kappa shape index (κ1) is 13.9. The SMILES string of the molecule is COBNc1ccc(C)c(OCCN(C)C)c1. The number of nitrogens with zero attached hydrogens (tertiary/aromatic N) is 1. The lowest BCUT2D eigenvalue weighted by Crippen LogP contribution is -2.19. The van der Waals surface area contributed by atoms with Crippen molar-refractivity contribution in [3.8, 4) is 5.75 Å². The molecular formula is C12H21BN2O2. The fourth-order valence-electron chi connectivity index (χ4n) is 1.36. The van der Waals surface area contributed by atoms with E-state index in [2.05, 4.69) is 10.1 Å². The van der Waals surface area contributed by atoms with Crippen molar-refractivity contribution in [3.05, 3.63) is 23.8 Å². The first-order valence-corrected chi connectivity index (χ1v) is 5.74. The Kier molecular flexibility index (Phi) is 5.87. The molecule has 1 aromatic rings. The van der Waals surface area contributed by atoms with Crippen LogP contribution < -0.4 is 9.96 Å². The van der Waals surface area contributed by atoms with Crippen LogP contribution >= 0.6 is 0 Å². The number of aryl methyl sites for hydroxylation is 1. The summed E-state index contributed by atoms with van der Waals surface area (Å²) in [5.41, 5.74) is 2.16. The first-order valence-electron chi connectivity index (χ1n) is 5.74. The molecule has 0 radical (unpaired) electrons. The predicted molar refractivity (Wildman–Crippen MR) is 73.0 cm³/mol. The zero-order valence-corrected chi connectivity index (χ0v) is 11.1. The lowest BCUT2D eigenvalue weighted by atomic mass is 10.1. The van der Waals surface area contributed by atoms with Gasteiger partial charge in [-0.15, -0.1) is 0 Å². The van der Waals surface area contributed by atoms with Crippen LogP contribution in [-0.4, -0.2) is 46.9 Å². The fraction of sp³-hybridized carbons (Fsp3) is 0.500. The van der Waals surface area contributed by atoms with Crippen LogP contribution in [0.1, 0.15) is 5.56 Å². The summed E-state index contributed by atoms with van der Waals surface area (Å²) in [5, 5.41) is 3.15. The third-order valence-electron chi connectivity index (χ3n) is 2.40. The van der Waals surface area contributed by atoms with E-state index in [0.717, 1.165) is 23.5 Å². The highest BCUT2D eigenvalue weighted by atomic mass is 16.5. The predicted octanol–water partition coefficient (Wildman–Crippen LogP) is 1.26. The van der Waals surface area contributed by atoms with Crippen LogP contribution in [0.15, 0.2) is 18.2 Å². The van der Waals surface area contributed by atoms with E-state index in [4.69, 9.17) is 9.39 Å². The van der Waals surface area contributed by atoms with Crippen LogP contribution in [0.2, 0.25) is 0 Å². The van der Waals surface area contributed by atoms with Crippen molar-refractivity contribution in [1.82, 2.24) is 4.90 Å². The van der Waals surface area contributed by atoms with E-state index in [1.165, 1.54) is 0 Å². The number of hydrogen-bond donors (Lipinski definition) is 1. The maximum atomic E-state index is 5.75. The average Bonchev–Trinajstić information content (AvgIpc) is 2.29. The Morgan fingerprint density at radius 3 is 2.76 bits per heavy atom. The smallest absolute Gasteiger partial charge is 0.393 e. The summed E-state index contributed by atoms with van der Waals surface area (Å²) in [6.45, 7) is 3.65. The van der Waals surface area contributed by atoms with Gasteiger partial charge in [0, 0.05) is 25.4 Å². The first-order chi connectivity index (χ1) is 8.13. The summed E-state index contributed by atoms with van der Waals surface area (Å²) in [6, 6.07) is 6.07. The Morgan fingerprint density at radius 1 is 1.35 bits per heavy atom. The molecule has 0 fully saturated rings. The minimum atomic E-state index is 0.500. The molecule has 0 aliphatic rings. The second kappa shape index (κ2) is 7.19. The quantitative estimate of drug-likeness (QED) is 0.722. The summed E-state index contributed by atoms with van der Waals surface area (Å²) in [4.78, 5) is 2.10. The standard InChI is InChI=1S/C12H21BN2O2/c1-10-5-6-11(14-13-16-4)9-12(10)17-8-7-15(2)3/h5-6,9,13-14H,7-8H2,1-4H3. The molecule has 94 valence electrons. The van der Waals surface area contributed by atoms with Crippen LogP contribution in [0.25, 0.3) is 0 Å². The highest BCUT2D eigenvalue weighted by molar-refractivity contribution is 6.32. The molecule has 0 saturated carbocycles. The maximum absolute atomic E-state index is 5.75. The molecule has 0 amide bonds. The van der Waals surface area contributed by atoms with E-state index < -0.39 is 0 Å². The van der Waals surface area contributed by atoms with E-state index in [1.807, 2.05) is 39.2 Å². The van der Waals surface area contributed by atoms with Gasteiger partial charge in [0.05, 0.1) is 0 Å². The van der Waals surface area contributed by atoms with E-state index in [9.17, 15) is 0 Å². The Labute approximate surface area is 104 Å². The Hall–Kier alpha value is -1.20. The molecule has 0 spiro atoms. The van der Waals surface area contributed by atoms with E-state index in [1.54, 1.807) is 7.11 Å². The zero-order chi connectivity index (χ0) is 12.7. The number of nitrogens with one attached hydrogen (secondary N) is 1. The summed E-state index contributed by atoms with van der Waals surface area (Å²) in [5.74, 6) is 0.924. The molecule has 0 saturated heterocycles. The molecule has 1 N–H and O–H groups in total. The molecule has 17 heavy (non-hydrogen) atoms. The number of hydrogen-bond acceptors (Lipinski definition) is 4. The topological polar surface area (TPSA) is 33.7 Å². The molecule has 4 nitrogen and oxygen atoms in total. The van der Waals surface area contributed by atoms with Crippen LogP contribution in [-0.2, 0) is 4.65 Å². The number of rotatable bonds is 7. The van der Waals surface area contributed by atoms with Gasteiger partial charge in [-0.1, -0.05) is 6.07 Å². The van der Waals surface area contributed by atoms with Crippen molar-refractivity contribution >= 4 is 13.3 Å². The Morgan fingerprint density at radius 2 is 2.12 bits per heavy atom. The number of anilines is 1. The number of ether oxygens (including phenoxy) is 1. The van der Waals surface area contributed by atoms with Gasteiger partial charge in [-0.3, -0.25) is 0 Å². The molecule has 0 aromatic heterocycles. The maximum Gasteiger partial charge on any atom is 0.393 e. The highest BCUT2D eigenvalue weighted by Crippen LogP contribution is 2.22. The largest absolute Gasteiger partial charge is 0.492 e. The molecule has 0 atom stereocenters. The van der Waals surface area contributed by atoms with Gasteiger partial charge >= 0.3 is 7.62 Å². The molecule has 0 aliphatic carbocycles. The molecule has 0 heterocycles. The molecule has 0 unspecified atom stereocenters. The lowest BCUT2D eigenvalue weighted by Gasteiger charge is -2.14. The number of benzene rings is 1. The molecule has 1 aromatic carbocycles. The second-order valence-corrected chi connectivity index (χ2v) is 4.24.